The van der Waals surface area contributed by atoms with E-state index in [1.54, 1.807) is 34.2 Å². The summed E-state index contributed by atoms with van der Waals surface area (Å²) in [4.78, 5) is 4.55. The van der Waals surface area contributed by atoms with E-state index in [4.69, 9.17) is 21.1 Å². The normalized spacial score (nSPS) is 21.3. The van der Waals surface area contributed by atoms with Gasteiger partial charge in [-0.15, -0.1) is 5.10 Å². The molecule has 0 amide bonds. The van der Waals surface area contributed by atoms with Gasteiger partial charge in [0.2, 0.25) is 5.82 Å². The van der Waals surface area contributed by atoms with Crippen LogP contribution in [-0.4, -0.2) is 52.3 Å². The molecule has 1 aliphatic heterocycles. The molecule has 162 valence electrons. The van der Waals surface area contributed by atoms with Crippen LogP contribution in [0.25, 0.3) is 22.9 Å². The van der Waals surface area contributed by atoms with Crippen molar-refractivity contribution in [3.63, 3.8) is 0 Å². The molecule has 0 bridgehead atoms. The maximum atomic E-state index is 14.6. The lowest BCUT2D eigenvalue weighted by Gasteiger charge is -2.38. The molecular formula is C19H25ClFN7O2. The van der Waals surface area contributed by atoms with Gasteiger partial charge in [0.05, 0.1) is 24.1 Å². The number of alkyl halides is 1. The number of nitrogens with zero attached hydrogens (tertiary/aromatic N) is 7. The van der Waals surface area contributed by atoms with E-state index in [1.807, 2.05) is 27.0 Å². The quantitative estimate of drug-likeness (QED) is 0.570. The Morgan fingerprint density at radius 1 is 1.33 bits per heavy atom. The van der Waals surface area contributed by atoms with E-state index < -0.39 is 17.2 Å². The highest BCUT2D eigenvalue weighted by Gasteiger charge is 2.35. The molecule has 1 saturated heterocycles. The molecule has 2 atom stereocenters. The molecule has 2 unspecified atom stereocenters. The van der Waals surface area contributed by atoms with E-state index in [0.29, 0.717) is 31.2 Å². The average molecular weight is 438 g/mol. The fraction of sp³-hybridized carbons (Fsp3) is 0.579. The smallest absolute Gasteiger partial charge is 0.203 e. The molecule has 30 heavy (non-hydrogen) atoms. The van der Waals surface area contributed by atoms with Crippen molar-refractivity contribution >= 4 is 11.6 Å². The lowest BCUT2D eigenvalue weighted by atomic mass is 10.1. The molecule has 0 radical (unpaired) electrons. The Bertz CT molecular complexity index is 1060. The van der Waals surface area contributed by atoms with Crippen molar-refractivity contribution in [2.75, 3.05) is 6.61 Å². The van der Waals surface area contributed by atoms with Crippen LogP contribution in [0.15, 0.2) is 12.4 Å². The molecule has 4 heterocycles. The highest BCUT2D eigenvalue weighted by molar-refractivity contribution is 6.19. The van der Waals surface area contributed by atoms with Crippen molar-refractivity contribution in [2.45, 2.75) is 52.1 Å². The predicted octanol–water partition coefficient (Wildman–Crippen LogP) is 2.97. The van der Waals surface area contributed by atoms with E-state index in [1.165, 1.54) is 0 Å². The lowest BCUT2D eigenvalue weighted by Crippen LogP contribution is -2.44. The Kier molecular flexibility index (Phi) is 5.41. The minimum absolute atomic E-state index is 0.0431. The molecule has 9 nitrogen and oxygen atoms in total. The van der Waals surface area contributed by atoms with Crippen molar-refractivity contribution in [3.8, 4) is 22.9 Å². The molecule has 0 saturated carbocycles. The Labute approximate surface area is 178 Å². The van der Waals surface area contributed by atoms with E-state index in [9.17, 15) is 4.39 Å². The molecule has 3 aromatic rings. The molecule has 0 spiro atoms. The van der Waals surface area contributed by atoms with Crippen molar-refractivity contribution in [2.24, 2.45) is 13.0 Å². The van der Waals surface area contributed by atoms with Gasteiger partial charge < -0.3 is 9.47 Å². The Hall–Kier alpha value is -2.30. The summed E-state index contributed by atoms with van der Waals surface area (Å²) in [5.41, 5.74) is 0.904. The van der Waals surface area contributed by atoms with Gasteiger partial charge in [-0.3, -0.25) is 9.36 Å². The summed E-state index contributed by atoms with van der Waals surface area (Å²) in [6.45, 7) is 8.73. The predicted molar refractivity (Wildman–Crippen MR) is 108 cm³/mol. The third-order valence-corrected chi connectivity index (χ3v) is 5.50. The second-order valence-corrected chi connectivity index (χ2v) is 8.27. The zero-order valence-corrected chi connectivity index (χ0v) is 18.4. The van der Waals surface area contributed by atoms with E-state index in [-0.39, 0.29) is 17.4 Å². The van der Waals surface area contributed by atoms with Crippen LogP contribution < -0.4 is 0 Å². The van der Waals surface area contributed by atoms with Crippen molar-refractivity contribution in [3.05, 3.63) is 23.9 Å². The summed E-state index contributed by atoms with van der Waals surface area (Å²) in [5.74, 6) is -0.267. The second kappa shape index (κ2) is 7.75. The van der Waals surface area contributed by atoms with Crippen LogP contribution in [0.4, 0.5) is 4.39 Å². The fourth-order valence-electron chi connectivity index (χ4n) is 3.48. The third kappa shape index (κ3) is 3.86. The van der Waals surface area contributed by atoms with Gasteiger partial charge in [-0.25, -0.2) is 14.1 Å². The summed E-state index contributed by atoms with van der Waals surface area (Å²) in [6, 6.07) is 0. The van der Waals surface area contributed by atoms with E-state index in [2.05, 4.69) is 20.3 Å². The summed E-state index contributed by atoms with van der Waals surface area (Å²) in [7, 11) is 1.76. The Balaban J connectivity index is 1.56. The largest absolute Gasteiger partial charge is 0.350 e. The van der Waals surface area contributed by atoms with Gasteiger partial charge in [0, 0.05) is 32.3 Å². The summed E-state index contributed by atoms with van der Waals surface area (Å²) >= 11 is 6.37. The molecular weight excluding hydrogens is 413 g/mol. The monoisotopic (exact) mass is 437 g/mol. The average Bonchev–Trinajstić information content (AvgIpc) is 3.35. The van der Waals surface area contributed by atoms with E-state index in [0.717, 1.165) is 5.56 Å². The SMILES string of the molecule is CCn1nc(C)c(F)c1-c1nc(-c2cnn(CC3COC(C)(C)OC3Cl)c2)n(C)n1. The van der Waals surface area contributed by atoms with Gasteiger partial charge >= 0.3 is 0 Å². The number of ether oxygens (including phenoxy) is 2. The third-order valence-electron chi connectivity index (χ3n) is 5.05. The van der Waals surface area contributed by atoms with Gasteiger partial charge in [0.25, 0.3) is 0 Å². The zero-order valence-electron chi connectivity index (χ0n) is 17.6. The number of rotatable bonds is 5. The number of aromatic nitrogens is 7. The van der Waals surface area contributed by atoms with Gasteiger partial charge in [-0.05, 0) is 27.7 Å². The molecule has 1 fully saturated rings. The van der Waals surface area contributed by atoms with Gasteiger partial charge in [0.1, 0.15) is 11.3 Å². The molecule has 0 N–H and O–H groups in total. The molecule has 11 heteroatoms. The first-order chi connectivity index (χ1) is 14.2. The number of aryl methyl sites for hydroxylation is 3. The minimum Gasteiger partial charge on any atom is -0.350 e. The van der Waals surface area contributed by atoms with Crippen molar-refractivity contribution in [1.29, 1.82) is 0 Å². The van der Waals surface area contributed by atoms with Crippen LogP contribution >= 0.6 is 11.6 Å². The number of hydrogen-bond donors (Lipinski definition) is 0. The van der Waals surface area contributed by atoms with Crippen LogP contribution in [0.3, 0.4) is 0 Å². The Morgan fingerprint density at radius 2 is 2.10 bits per heavy atom. The standard InChI is InChI=1S/C19H25ClFN7O2/c1-6-28-15(14(21)11(2)24-28)17-23-18(26(5)25-17)12-7-22-27(8-12)9-13-10-29-19(3,4)30-16(13)20/h7-8,13,16H,6,9-10H2,1-5H3. The van der Waals surface area contributed by atoms with Crippen LogP contribution in [0.2, 0.25) is 0 Å². The molecule has 4 rings (SSSR count). The summed E-state index contributed by atoms with van der Waals surface area (Å²) in [6.07, 6.45) is 3.56. The maximum absolute atomic E-state index is 14.6. The van der Waals surface area contributed by atoms with Gasteiger partial charge in [0.15, 0.2) is 17.4 Å². The summed E-state index contributed by atoms with van der Waals surface area (Å²) < 4.78 is 30.9. The van der Waals surface area contributed by atoms with Gasteiger partial charge in [-0.1, -0.05) is 11.6 Å². The Morgan fingerprint density at radius 3 is 2.80 bits per heavy atom. The summed E-state index contributed by atoms with van der Waals surface area (Å²) in [5, 5.41) is 13.0. The second-order valence-electron chi connectivity index (χ2n) is 7.84. The van der Waals surface area contributed by atoms with Crippen LogP contribution in [0.5, 0.6) is 0 Å². The fourth-order valence-corrected chi connectivity index (χ4v) is 3.84. The first-order valence-corrected chi connectivity index (χ1v) is 10.2. The van der Waals surface area contributed by atoms with E-state index >= 15 is 0 Å². The first-order valence-electron chi connectivity index (χ1n) is 9.81. The van der Waals surface area contributed by atoms with Crippen LogP contribution in [0.1, 0.15) is 26.5 Å². The highest BCUT2D eigenvalue weighted by atomic mass is 35.5. The van der Waals surface area contributed by atoms with Crippen LogP contribution in [0, 0.1) is 18.7 Å². The molecule has 1 aliphatic rings. The molecule has 0 aromatic carbocycles. The topological polar surface area (TPSA) is 84.8 Å². The molecule has 0 aliphatic carbocycles. The minimum atomic E-state index is -0.689. The van der Waals surface area contributed by atoms with Crippen molar-refractivity contribution in [1.82, 2.24) is 34.3 Å². The van der Waals surface area contributed by atoms with Gasteiger partial charge in [-0.2, -0.15) is 10.2 Å². The maximum Gasteiger partial charge on any atom is 0.203 e. The molecule has 3 aromatic heterocycles. The number of halogens is 2. The van der Waals surface area contributed by atoms with Crippen molar-refractivity contribution < 1.29 is 13.9 Å². The zero-order chi connectivity index (χ0) is 21.6. The lowest BCUT2D eigenvalue weighted by molar-refractivity contribution is -0.275. The highest BCUT2D eigenvalue weighted by Crippen LogP contribution is 2.30. The van der Waals surface area contributed by atoms with Crippen LogP contribution in [-0.2, 0) is 29.6 Å². The number of hydrogen-bond acceptors (Lipinski definition) is 6. The first kappa shape index (κ1) is 21.0.